The highest BCUT2D eigenvalue weighted by atomic mass is 35.5. The lowest BCUT2D eigenvalue weighted by molar-refractivity contribution is -0.111. The minimum absolute atomic E-state index is 0.0958. The summed E-state index contributed by atoms with van der Waals surface area (Å²) in [6.07, 6.45) is 0.629. The molecule has 0 fully saturated rings. The van der Waals surface area contributed by atoms with Gasteiger partial charge in [0.1, 0.15) is 0 Å². The van der Waals surface area contributed by atoms with Crippen molar-refractivity contribution in [2.45, 2.75) is 6.42 Å². The van der Waals surface area contributed by atoms with Crippen LogP contribution in [0, 0.1) is 0 Å². The molecule has 1 N–H and O–H groups in total. The third-order valence-electron chi connectivity index (χ3n) is 1.05. The predicted octanol–water partition coefficient (Wildman–Crippen LogP) is 1.02. The summed E-state index contributed by atoms with van der Waals surface area (Å²) >= 11 is 6.39. The van der Waals surface area contributed by atoms with Gasteiger partial charge in [-0.15, -0.1) is 11.3 Å². The number of carbonyl (C=O) groups is 2. The molecule has 0 bridgehead atoms. The van der Waals surface area contributed by atoms with E-state index in [-0.39, 0.29) is 6.42 Å². The number of rotatable bonds is 4. The minimum atomic E-state index is -0.460. The van der Waals surface area contributed by atoms with Crippen LogP contribution in [-0.2, 0) is 16.0 Å². The zero-order valence-corrected chi connectivity index (χ0v) is 7.48. The summed E-state index contributed by atoms with van der Waals surface area (Å²) in [6, 6.07) is 0. The van der Waals surface area contributed by atoms with E-state index in [1.54, 1.807) is 5.38 Å². The van der Waals surface area contributed by atoms with Crippen LogP contribution in [0.3, 0.4) is 0 Å². The van der Waals surface area contributed by atoms with Gasteiger partial charge < -0.3 is 5.32 Å². The molecule has 6 heteroatoms. The molecule has 0 aliphatic carbocycles. The van der Waals surface area contributed by atoms with Crippen LogP contribution in [0.15, 0.2) is 5.38 Å². The zero-order valence-electron chi connectivity index (χ0n) is 5.91. The molecule has 0 unspecified atom stereocenters. The fourth-order valence-corrected chi connectivity index (χ4v) is 1.45. The van der Waals surface area contributed by atoms with Gasteiger partial charge in [0, 0.05) is 5.38 Å². The highest BCUT2D eigenvalue weighted by molar-refractivity contribution is 7.13. The highest BCUT2D eigenvalue weighted by Crippen LogP contribution is 2.15. The monoisotopic (exact) mass is 204 g/mol. The molecule has 1 heterocycles. The molecular formula is C6H5ClN2O2S. The second-order valence-electron chi connectivity index (χ2n) is 1.94. The molecule has 1 rings (SSSR count). The molecule has 0 aromatic carbocycles. The normalized spacial score (nSPS) is 9.42. The van der Waals surface area contributed by atoms with Gasteiger partial charge in [-0.1, -0.05) is 0 Å². The Morgan fingerprint density at radius 2 is 2.58 bits per heavy atom. The SMILES string of the molecule is O=CNc1nc(CC(=O)Cl)cs1. The van der Waals surface area contributed by atoms with Crippen molar-refractivity contribution in [3.05, 3.63) is 11.1 Å². The summed E-state index contributed by atoms with van der Waals surface area (Å²) in [7, 11) is 0. The van der Waals surface area contributed by atoms with E-state index >= 15 is 0 Å². The van der Waals surface area contributed by atoms with E-state index in [0.29, 0.717) is 17.2 Å². The number of nitrogens with one attached hydrogen (secondary N) is 1. The molecular weight excluding hydrogens is 200 g/mol. The van der Waals surface area contributed by atoms with Crippen molar-refractivity contribution in [2.24, 2.45) is 0 Å². The van der Waals surface area contributed by atoms with Gasteiger partial charge in [0.25, 0.3) is 0 Å². The third-order valence-corrected chi connectivity index (χ3v) is 2.01. The van der Waals surface area contributed by atoms with E-state index in [1.165, 1.54) is 11.3 Å². The number of anilines is 1. The van der Waals surface area contributed by atoms with E-state index in [0.717, 1.165) is 0 Å². The lowest BCUT2D eigenvalue weighted by Gasteiger charge is -1.87. The van der Waals surface area contributed by atoms with Gasteiger partial charge >= 0.3 is 0 Å². The topological polar surface area (TPSA) is 59.1 Å². The molecule has 0 saturated heterocycles. The maximum absolute atomic E-state index is 10.4. The predicted molar refractivity (Wildman–Crippen MR) is 46.4 cm³/mol. The van der Waals surface area contributed by atoms with E-state index in [1.807, 2.05) is 0 Å². The van der Waals surface area contributed by atoms with Crippen LogP contribution >= 0.6 is 22.9 Å². The molecule has 0 aliphatic rings. The summed E-state index contributed by atoms with van der Waals surface area (Å²) < 4.78 is 0. The summed E-state index contributed by atoms with van der Waals surface area (Å²) in [6.45, 7) is 0. The molecule has 0 radical (unpaired) electrons. The van der Waals surface area contributed by atoms with Gasteiger partial charge in [-0.05, 0) is 11.6 Å². The molecule has 0 spiro atoms. The van der Waals surface area contributed by atoms with E-state index in [9.17, 15) is 9.59 Å². The number of hydrogen-bond donors (Lipinski definition) is 1. The van der Waals surface area contributed by atoms with Crippen LogP contribution < -0.4 is 5.32 Å². The fraction of sp³-hybridized carbons (Fsp3) is 0.167. The highest BCUT2D eigenvalue weighted by Gasteiger charge is 2.04. The van der Waals surface area contributed by atoms with Crippen molar-refractivity contribution >= 4 is 39.7 Å². The standard InChI is InChI=1S/C6H5ClN2O2S/c7-5(11)1-4-2-12-6(9-4)8-3-10/h2-3H,1H2,(H,8,9,10). The average molecular weight is 205 g/mol. The summed E-state index contributed by atoms with van der Waals surface area (Å²) in [5.74, 6) is 0. The average Bonchev–Trinajstić information content (AvgIpc) is 2.36. The van der Waals surface area contributed by atoms with Crippen LogP contribution in [0.25, 0.3) is 0 Å². The van der Waals surface area contributed by atoms with Crippen molar-refractivity contribution in [1.82, 2.24) is 4.98 Å². The number of carbonyl (C=O) groups excluding carboxylic acids is 2. The first kappa shape index (κ1) is 9.15. The van der Waals surface area contributed by atoms with Crippen LogP contribution in [0.5, 0.6) is 0 Å². The largest absolute Gasteiger partial charge is 0.305 e. The van der Waals surface area contributed by atoms with Crippen LogP contribution in [0.4, 0.5) is 5.13 Å². The van der Waals surface area contributed by atoms with Crippen molar-refractivity contribution in [3.8, 4) is 0 Å². The van der Waals surface area contributed by atoms with Crippen LogP contribution in [0.2, 0.25) is 0 Å². The van der Waals surface area contributed by atoms with Gasteiger partial charge in [0.05, 0.1) is 12.1 Å². The van der Waals surface area contributed by atoms with Gasteiger partial charge in [-0.3, -0.25) is 9.59 Å². The Balaban J connectivity index is 2.63. The number of hydrogen-bond acceptors (Lipinski definition) is 4. The van der Waals surface area contributed by atoms with Gasteiger partial charge in [-0.2, -0.15) is 0 Å². The van der Waals surface area contributed by atoms with Crippen molar-refractivity contribution in [1.29, 1.82) is 0 Å². The zero-order chi connectivity index (χ0) is 8.97. The van der Waals surface area contributed by atoms with Crippen molar-refractivity contribution in [2.75, 3.05) is 5.32 Å². The maximum Gasteiger partial charge on any atom is 0.227 e. The first-order chi connectivity index (χ1) is 5.72. The molecule has 4 nitrogen and oxygen atoms in total. The number of amides is 1. The molecule has 0 saturated carbocycles. The number of thiazole rings is 1. The summed E-state index contributed by atoms with van der Waals surface area (Å²) in [5.41, 5.74) is 0.573. The number of nitrogens with zero attached hydrogens (tertiary/aromatic N) is 1. The Kier molecular flexibility index (Phi) is 3.19. The number of aromatic nitrogens is 1. The molecule has 1 aromatic rings. The molecule has 12 heavy (non-hydrogen) atoms. The molecule has 0 atom stereocenters. The Morgan fingerprint density at radius 3 is 3.17 bits per heavy atom. The number of halogens is 1. The van der Waals surface area contributed by atoms with Crippen LogP contribution in [0.1, 0.15) is 5.69 Å². The smallest absolute Gasteiger partial charge is 0.227 e. The molecule has 64 valence electrons. The van der Waals surface area contributed by atoms with Crippen LogP contribution in [-0.4, -0.2) is 16.6 Å². The Bertz CT molecular complexity index is 299. The summed E-state index contributed by atoms with van der Waals surface area (Å²) in [4.78, 5) is 24.3. The Hall–Kier alpha value is -0.940. The Labute approximate surface area is 77.6 Å². The quantitative estimate of drug-likeness (QED) is 0.589. The minimum Gasteiger partial charge on any atom is -0.305 e. The first-order valence-corrected chi connectivity index (χ1v) is 4.31. The lowest BCUT2D eigenvalue weighted by atomic mass is 10.4. The second-order valence-corrected chi connectivity index (χ2v) is 3.22. The fourth-order valence-electron chi connectivity index (χ4n) is 0.647. The Morgan fingerprint density at radius 1 is 1.83 bits per heavy atom. The summed E-state index contributed by atoms with van der Waals surface area (Å²) in [5, 5.41) is 4.06. The van der Waals surface area contributed by atoms with Crippen molar-refractivity contribution in [3.63, 3.8) is 0 Å². The van der Waals surface area contributed by atoms with E-state index in [4.69, 9.17) is 11.6 Å². The lowest BCUT2D eigenvalue weighted by Crippen LogP contribution is -1.96. The van der Waals surface area contributed by atoms with E-state index < -0.39 is 5.24 Å². The maximum atomic E-state index is 10.4. The first-order valence-electron chi connectivity index (χ1n) is 3.05. The van der Waals surface area contributed by atoms with E-state index in [2.05, 4.69) is 10.3 Å². The second kappa shape index (κ2) is 4.18. The van der Waals surface area contributed by atoms with Gasteiger partial charge in [0.15, 0.2) is 5.13 Å². The van der Waals surface area contributed by atoms with Gasteiger partial charge in [0.2, 0.25) is 11.7 Å². The molecule has 0 aliphatic heterocycles. The van der Waals surface area contributed by atoms with Crippen molar-refractivity contribution < 1.29 is 9.59 Å². The third kappa shape index (κ3) is 2.60. The molecule has 1 aromatic heterocycles. The van der Waals surface area contributed by atoms with Gasteiger partial charge in [-0.25, -0.2) is 4.98 Å². The molecule has 1 amide bonds.